The molecule has 3 rings (SSSR count). The number of aryl methyl sites for hydroxylation is 1. The topological polar surface area (TPSA) is 50.2 Å². The Morgan fingerprint density at radius 3 is 2.84 bits per heavy atom. The Bertz CT molecular complexity index is 447. The number of likely N-dealkylation sites (tertiary alicyclic amines) is 1. The largest absolute Gasteiger partial charge is 0.341 e. The van der Waals surface area contributed by atoms with Crippen LogP contribution in [0.3, 0.4) is 0 Å². The molecule has 0 radical (unpaired) electrons. The first-order valence-electron chi connectivity index (χ1n) is 6.83. The van der Waals surface area contributed by atoms with Crippen LogP contribution in [0.15, 0.2) is 12.3 Å². The average Bonchev–Trinajstić information content (AvgIpc) is 3.09. The molecule has 2 saturated heterocycles. The van der Waals surface area contributed by atoms with Gasteiger partial charge >= 0.3 is 0 Å². The first kappa shape index (κ1) is 13.0. The molecule has 3 heterocycles. The quantitative estimate of drug-likeness (QED) is 0.870. The fraction of sp³-hybridized carbons (Fsp3) is 0.692. The molecular weight excluding hydrogens is 260 g/mol. The summed E-state index contributed by atoms with van der Waals surface area (Å²) in [6, 6.07) is 2.13. The Kier molecular flexibility index (Phi) is 3.79. The highest BCUT2D eigenvalue weighted by Crippen LogP contribution is 2.28. The maximum absolute atomic E-state index is 12.3. The third-order valence-electron chi connectivity index (χ3n) is 4.10. The number of piperidine rings is 1. The molecule has 6 heteroatoms. The van der Waals surface area contributed by atoms with Gasteiger partial charge < -0.3 is 4.90 Å². The van der Waals surface area contributed by atoms with Gasteiger partial charge in [-0.3, -0.25) is 14.8 Å². The molecule has 0 spiro atoms. The summed E-state index contributed by atoms with van der Waals surface area (Å²) in [4.78, 5) is 14.3. The van der Waals surface area contributed by atoms with E-state index < -0.39 is 0 Å². The number of amides is 1. The van der Waals surface area contributed by atoms with Crippen molar-refractivity contribution in [2.24, 2.45) is 7.05 Å². The van der Waals surface area contributed by atoms with Crippen LogP contribution in [0, 0.1) is 0 Å². The molecule has 19 heavy (non-hydrogen) atoms. The molecule has 2 fully saturated rings. The van der Waals surface area contributed by atoms with Crippen molar-refractivity contribution in [3.8, 4) is 0 Å². The van der Waals surface area contributed by atoms with Gasteiger partial charge in [-0.05, 0) is 18.9 Å². The molecule has 1 N–H and O–H groups in total. The van der Waals surface area contributed by atoms with Crippen LogP contribution in [0.25, 0.3) is 0 Å². The van der Waals surface area contributed by atoms with E-state index in [4.69, 9.17) is 0 Å². The number of thioether (sulfide) groups is 1. The van der Waals surface area contributed by atoms with Crippen LogP contribution >= 0.6 is 11.8 Å². The molecule has 2 aliphatic heterocycles. The Morgan fingerprint density at radius 1 is 1.47 bits per heavy atom. The van der Waals surface area contributed by atoms with Crippen LogP contribution in [-0.4, -0.2) is 51.3 Å². The Morgan fingerprint density at radius 2 is 2.26 bits per heavy atom. The van der Waals surface area contributed by atoms with Gasteiger partial charge in [0.1, 0.15) is 0 Å². The van der Waals surface area contributed by atoms with Crippen LogP contribution in [-0.2, 0) is 11.8 Å². The van der Waals surface area contributed by atoms with E-state index in [2.05, 4.69) is 16.5 Å². The minimum absolute atomic E-state index is 0.0400. The first-order chi connectivity index (χ1) is 9.25. The third-order valence-corrected chi connectivity index (χ3v) is 5.04. The molecule has 1 amide bonds. The highest BCUT2D eigenvalue weighted by Gasteiger charge is 2.30. The number of rotatable bonds is 2. The maximum Gasteiger partial charge on any atom is 0.240 e. The van der Waals surface area contributed by atoms with Crippen molar-refractivity contribution in [2.45, 2.75) is 24.8 Å². The predicted molar refractivity (Wildman–Crippen MR) is 76.0 cm³/mol. The van der Waals surface area contributed by atoms with Gasteiger partial charge in [0.15, 0.2) is 0 Å². The summed E-state index contributed by atoms with van der Waals surface area (Å²) in [6.07, 6.45) is 3.95. The fourth-order valence-electron chi connectivity index (χ4n) is 2.95. The van der Waals surface area contributed by atoms with Gasteiger partial charge in [-0.15, -0.1) is 11.8 Å². The molecule has 104 valence electrons. The van der Waals surface area contributed by atoms with Crippen LogP contribution < -0.4 is 5.32 Å². The number of nitrogens with zero attached hydrogens (tertiary/aromatic N) is 3. The van der Waals surface area contributed by atoms with E-state index in [9.17, 15) is 4.79 Å². The second kappa shape index (κ2) is 5.54. The summed E-state index contributed by atoms with van der Waals surface area (Å²) in [5.41, 5.74) is 1.29. The second-order valence-corrected chi connectivity index (χ2v) is 6.28. The molecule has 0 saturated carbocycles. The molecule has 1 aromatic rings. The molecule has 0 unspecified atom stereocenters. The lowest BCUT2D eigenvalue weighted by Gasteiger charge is -2.33. The summed E-state index contributed by atoms with van der Waals surface area (Å²) < 4.78 is 1.96. The van der Waals surface area contributed by atoms with Crippen molar-refractivity contribution in [2.75, 3.05) is 24.7 Å². The van der Waals surface area contributed by atoms with Crippen LogP contribution in [0.5, 0.6) is 0 Å². The molecule has 1 atom stereocenters. The number of aromatic nitrogens is 2. The van der Waals surface area contributed by atoms with Gasteiger partial charge in [0.25, 0.3) is 0 Å². The van der Waals surface area contributed by atoms with Crippen LogP contribution in [0.2, 0.25) is 0 Å². The molecule has 0 aliphatic carbocycles. The van der Waals surface area contributed by atoms with Gasteiger partial charge in [-0.1, -0.05) is 0 Å². The molecule has 2 aliphatic rings. The van der Waals surface area contributed by atoms with E-state index in [1.165, 1.54) is 5.69 Å². The summed E-state index contributed by atoms with van der Waals surface area (Å²) in [6.45, 7) is 1.75. The minimum atomic E-state index is 0.0400. The summed E-state index contributed by atoms with van der Waals surface area (Å²) >= 11 is 1.80. The number of hydrogen-bond acceptors (Lipinski definition) is 4. The summed E-state index contributed by atoms with van der Waals surface area (Å²) in [7, 11) is 1.99. The summed E-state index contributed by atoms with van der Waals surface area (Å²) in [5.74, 6) is 2.65. The normalized spacial score (nSPS) is 24.9. The van der Waals surface area contributed by atoms with Crippen LogP contribution in [0.1, 0.15) is 24.5 Å². The van der Waals surface area contributed by atoms with Gasteiger partial charge in [-0.25, -0.2) is 0 Å². The van der Waals surface area contributed by atoms with E-state index in [1.54, 1.807) is 11.8 Å². The lowest BCUT2D eigenvalue weighted by atomic mass is 9.93. The van der Waals surface area contributed by atoms with E-state index in [0.717, 1.165) is 37.6 Å². The lowest BCUT2D eigenvalue weighted by molar-refractivity contribution is -0.133. The standard InChI is InChI=1S/C13H20N4OS/c1-16-12(2-5-15-16)10-3-6-17(7-4-10)13(18)11-8-19-9-14-11/h2,5,10-11,14H,3-4,6-9H2,1H3/t11-/m0/s1. The average molecular weight is 280 g/mol. The zero-order valence-electron chi connectivity index (χ0n) is 11.2. The van der Waals surface area contributed by atoms with Gasteiger partial charge in [0.2, 0.25) is 5.91 Å². The van der Waals surface area contributed by atoms with Crippen molar-refractivity contribution < 1.29 is 4.79 Å². The molecular formula is C13H20N4OS. The maximum atomic E-state index is 12.3. The highest BCUT2D eigenvalue weighted by atomic mass is 32.2. The fourth-order valence-corrected chi connectivity index (χ4v) is 3.89. The van der Waals surface area contributed by atoms with Crippen molar-refractivity contribution >= 4 is 17.7 Å². The second-order valence-electron chi connectivity index (χ2n) is 5.25. The molecule has 0 bridgehead atoms. The number of hydrogen-bond donors (Lipinski definition) is 1. The number of carbonyl (C=O) groups is 1. The van der Waals surface area contributed by atoms with Crippen molar-refractivity contribution in [1.82, 2.24) is 20.0 Å². The van der Waals surface area contributed by atoms with Crippen molar-refractivity contribution in [1.29, 1.82) is 0 Å². The SMILES string of the molecule is Cn1nccc1C1CCN(C(=O)[C@@H]2CSCN2)CC1. The van der Waals surface area contributed by atoms with Gasteiger partial charge in [-0.2, -0.15) is 5.10 Å². The van der Waals surface area contributed by atoms with Crippen LogP contribution in [0.4, 0.5) is 0 Å². The predicted octanol–water partition coefficient (Wildman–Crippen LogP) is 0.789. The molecule has 0 aromatic carbocycles. The van der Waals surface area contributed by atoms with Crippen molar-refractivity contribution in [3.63, 3.8) is 0 Å². The van der Waals surface area contributed by atoms with Crippen molar-refractivity contribution in [3.05, 3.63) is 18.0 Å². The Balaban J connectivity index is 1.57. The van der Waals surface area contributed by atoms with E-state index >= 15 is 0 Å². The first-order valence-corrected chi connectivity index (χ1v) is 7.99. The zero-order chi connectivity index (χ0) is 13.2. The lowest BCUT2D eigenvalue weighted by Crippen LogP contribution is -2.47. The minimum Gasteiger partial charge on any atom is -0.341 e. The van der Waals surface area contributed by atoms with Gasteiger partial charge in [0, 0.05) is 49.6 Å². The summed E-state index contributed by atoms with van der Waals surface area (Å²) in [5, 5.41) is 7.49. The number of carbonyl (C=O) groups excluding carboxylic acids is 1. The van der Waals surface area contributed by atoms with E-state index in [1.807, 2.05) is 22.8 Å². The zero-order valence-corrected chi connectivity index (χ0v) is 12.0. The molecule has 5 nitrogen and oxygen atoms in total. The highest BCUT2D eigenvalue weighted by molar-refractivity contribution is 7.99. The monoisotopic (exact) mass is 280 g/mol. The van der Waals surface area contributed by atoms with E-state index in [-0.39, 0.29) is 11.9 Å². The number of nitrogens with one attached hydrogen (secondary N) is 1. The smallest absolute Gasteiger partial charge is 0.240 e. The molecule has 1 aromatic heterocycles. The third kappa shape index (κ3) is 2.65. The van der Waals surface area contributed by atoms with E-state index in [0.29, 0.717) is 5.92 Å². The Labute approximate surface area is 117 Å². The van der Waals surface area contributed by atoms with Gasteiger partial charge in [0.05, 0.1) is 6.04 Å². The Hall–Kier alpha value is -1.01.